The highest BCUT2D eigenvalue weighted by Gasteiger charge is 2.11. The summed E-state index contributed by atoms with van der Waals surface area (Å²) in [5, 5.41) is 11.5. The van der Waals surface area contributed by atoms with Gasteiger partial charge in [-0.3, -0.25) is 4.68 Å². The maximum Gasteiger partial charge on any atom is 0.175 e. The summed E-state index contributed by atoms with van der Waals surface area (Å²) in [6.07, 6.45) is 7.61. The van der Waals surface area contributed by atoms with Gasteiger partial charge in [-0.2, -0.15) is 5.10 Å². The van der Waals surface area contributed by atoms with Crippen LogP contribution in [0, 0.1) is 6.92 Å². The molecular weight excluding hydrogens is 292 g/mol. The molecule has 0 radical (unpaired) electrons. The topological polar surface area (TPSA) is 73.2 Å². The Morgan fingerprint density at radius 3 is 2.96 bits per heavy atom. The first kappa shape index (κ1) is 13.6. The Hall–Kier alpha value is -3.09. The van der Waals surface area contributed by atoms with Crippen LogP contribution < -0.4 is 5.32 Å². The molecule has 0 aliphatic rings. The molecule has 0 aliphatic carbocycles. The fourth-order valence-electron chi connectivity index (χ4n) is 2.59. The van der Waals surface area contributed by atoms with Crippen LogP contribution in [0.15, 0.2) is 47.5 Å². The smallest absolute Gasteiger partial charge is 0.175 e. The molecule has 23 heavy (non-hydrogen) atoms. The van der Waals surface area contributed by atoms with Gasteiger partial charge in [-0.05, 0) is 26.0 Å². The third-order valence-electron chi connectivity index (χ3n) is 3.71. The Labute approximate surface area is 132 Å². The van der Waals surface area contributed by atoms with Crippen molar-refractivity contribution in [3.05, 3.63) is 48.7 Å². The van der Waals surface area contributed by atoms with Gasteiger partial charge in [-0.1, -0.05) is 5.16 Å². The molecule has 7 heteroatoms. The van der Waals surface area contributed by atoms with Crippen LogP contribution in [0.1, 0.15) is 12.7 Å². The van der Waals surface area contributed by atoms with E-state index < -0.39 is 0 Å². The maximum absolute atomic E-state index is 5.08. The number of rotatable bonds is 4. The first-order chi connectivity index (χ1) is 11.2. The number of aryl methyl sites for hydroxylation is 2. The highest BCUT2D eigenvalue weighted by molar-refractivity contribution is 5.77. The van der Waals surface area contributed by atoms with Crippen LogP contribution in [0.25, 0.3) is 16.8 Å². The summed E-state index contributed by atoms with van der Waals surface area (Å²) in [5.41, 5.74) is 3.11. The van der Waals surface area contributed by atoms with Crippen molar-refractivity contribution in [2.75, 3.05) is 5.32 Å². The second-order valence-electron chi connectivity index (χ2n) is 5.28. The van der Waals surface area contributed by atoms with E-state index in [1.165, 1.54) is 0 Å². The first-order valence-corrected chi connectivity index (χ1v) is 7.44. The van der Waals surface area contributed by atoms with Crippen LogP contribution >= 0.6 is 0 Å². The summed E-state index contributed by atoms with van der Waals surface area (Å²) in [6.45, 7) is 4.77. The molecule has 4 aromatic heterocycles. The SMILES string of the molecule is CCn1cc(-c2ccc3c(Nc4cc(C)on4)nccn23)cn1. The van der Waals surface area contributed by atoms with Crippen LogP contribution in [0.2, 0.25) is 0 Å². The normalized spacial score (nSPS) is 11.2. The lowest BCUT2D eigenvalue weighted by atomic mass is 10.2. The van der Waals surface area contributed by atoms with Crippen molar-refractivity contribution in [2.24, 2.45) is 0 Å². The van der Waals surface area contributed by atoms with Crippen molar-refractivity contribution in [3.63, 3.8) is 0 Å². The van der Waals surface area contributed by atoms with Gasteiger partial charge < -0.3 is 14.2 Å². The molecule has 0 saturated carbocycles. The number of nitrogens with zero attached hydrogens (tertiary/aromatic N) is 5. The number of nitrogens with one attached hydrogen (secondary N) is 1. The van der Waals surface area contributed by atoms with E-state index in [4.69, 9.17) is 4.52 Å². The molecule has 0 atom stereocenters. The van der Waals surface area contributed by atoms with Crippen LogP contribution in [0.4, 0.5) is 11.6 Å². The summed E-state index contributed by atoms with van der Waals surface area (Å²) in [4.78, 5) is 4.41. The predicted molar refractivity (Wildman–Crippen MR) is 86.6 cm³/mol. The Morgan fingerprint density at radius 1 is 1.30 bits per heavy atom. The summed E-state index contributed by atoms with van der Waals surface area (Å²) in [6, 6.07) is 5.93. The van der Waals surface area contributed by atoms with Crippen molar-refractivity contribution in [1.29, 1.82) is 0 Å². The Bertz CT molecular complexity index is 964. The minimum Gasteiger partial charge on any atom is -0.360 e. The maximum atomic E-state index is 5.08. The zero-order chi connectivity index (χ0) is 15.8. The van der Waals surface area contributed by atoms with Gasteiger partial charge in [-0.15, -0.1) is 0 Å². The van der Waals surface area contributed by atoms with E-state index in [1.807, 2.05) is 42.3 Å². The number of anilines is 2. The van der Waals surface area contributed by atoms with Crippen molar-refractivity contribution in [1.82, 2.24) is 24.3 Å². The van der Waals surface area contributed by atoms with Crippen LogP contribution in [-0.4, -0.2) is 24.3 Å². The van der Waals surface area contributed by atoms with Gasteiger partial charge in [0, 0.05) is 36.8 Å². The molecule has 0 unspecified atom stereocenters. The molecule has 7 nitrogen and oxygen atoms in total. The molecule has 1 N–H and O–H groups in total. The molecule has 0 amide bonds. The van der Waals surface area contributed by atoms with E-state index in [1.54, 1.807) is 6.20 Å². The lowest BCUT2D eigenvalue weighted by molar-refractivity contribution is 0.400. The standard InChI is InChI=1S/C16H16N6O/c1-3-21-10-12(9-18-21)13-4-5-14-16(17-6-7-22(13)14)19-15-8-11(2)23-20-15/h4-10H,3H2,1-2H3,(H,17,19,20). The number of aromatic nitrogens is 5. The summed E-state index contributed by atoms with van der Waals surface area (Å²) < 4.78 is 9.07. The molecule has 4 heterocycles. The number of hydrogen-bond donors (Lipinski definition) is 1. The van der Waals surface area contributed by atoms with Crippen LogP contribution in [-0.2, 0) is 6.54 Å². The fourth-order valence-corrected chi connectivity index (χ4v) is 2.59. The quantitative estimate of drug-likeness (QED) is 0.626. The average Bonchev–Trinajstić information content (AvgIpc) is 3.26. The van der Waals surface area contributed by atoms with E-state index in [0.29, 0.717) is 5.82 Å². The Balaban J connectivity index is 1.76. The zero-order valence-corrected chi connectivity index (χ0v) is 12.9. The highest BCUT2D eigenvalue weighted by atomic mass is 16.5. The van der Waals surface area contributed by atoms with E-state index in [0.717, 1.165) is 34.9 Å². The highest BCUT2D eigenvalue weighted by Crippen LogP contribution is 2.26. The molecule has 0 bridgehead atoms. The van der Waals surface area contributed by atoms with E-state index in [-0.39, 0.29) is 0 Å². The first-order valence-electron chi connectivity index (χ1n) is 7.44. The molecule has 0 fully saturated rings. The zero-order valence-electron chi connectivity index (χ0n) is 12.9. The van der Waals surface area contributed by atoms with Crippen molar-refractivity contribution in [3.8, 4) is 11.3 Å². The number of hydrogen-bond acceptors (Lipinski definition) is 5. The van der Waals surface area contributed by atoms with Gasteiger partial charge in [-0.25, -0.2) is 4.98 Å². The third kappa shape index (κ3) is 2.36. The van der Waals surface area contributed by atoms with Crippen molar-refractivity contribution >= 4 is 17.2 Å². The lowest BCUT2D eigenvalue weighted by Crippen LogP contribution is -1.97. The molecule has 0 spiro atoms. The molecule has 4 aromatic rings. The van der Waals surface area contributed by atoms with Crippen LogP contribution in [0.5, 0.6) is 0 Å². The summed E-state index contributed by atoms with van der Waals surface area (Å²) >= 11 is 0. The van der Waals surface area contributed by atoms with E-state index in [2.05, 4.69) is 37.9 Å². The van der Waals surface area contributed by atoms with E-state index >= 15 is 0 Å². The summed E-state index contributed by atoms with van der Waals surface area (Å²) in [7, 11) is 0. The van der Waals surface area contributed by atoms with Gasteiger partial charge in [0.25, 0.3) is 0 Å². The van der Waals surface area contributed by atoms with Gasteiger partial charge in [0.15, 0.2) is 11.6 Å². The molecule has 0 aliphatic heterocycles. The van der Waals surface area contributed by atoms with Gasteiger partial charge in [0.05, 0.1) is 17.4 Å². The van der Waals surface area contributed by atoms with Gasteiger partial charge in [0.1, 0.15) is 5.76 Å². The van der Waals surface area contributed by atoms with Crippen molar-refractivity contribution in [2.45, 2.75) is 20.4 Å². The second-order valence-corrected chi connectivity index (χ2v) is 5.28. The lowest BCUT2D eigenvalue weighted by Gasteiger charge is -2.05. The monoisotopic (exact) mass is 308 g/mol. The average molecular weight is 308 g/mol. The third-order valence-corrected chi connectivity index (χ3v) is 3.71. The van der Waals surface area contributed by atoms with Gasteiger partial charge >= 0.3 is 0 Å². The minimum absolute atomic E-state index is 0.643. The molecule has 0 saturated heterocycles. The van der Waals surface area contributed by atoms with E-state index in [9.17, 15) is 0 Å². The van der Waals surface area contributed by atoms with Gasteiger partial charge in [0.2, 0.25) is 0 Å². The predicted octanol–water partition coefficient (Wildman–Crippen LogP) is 3.26. The molecule has 0 aromatic carbocycles. The Kier molecular flexibility index (Phi) is 3.11. The Morgan fingerprint density at radius 2 is 2.22 bits per heavy atom. The fraction of sp³-hybridized carbons (Fsp3) is 0.188. The molecular formula is C16H16N6O. The molecule has 116 valence electrons. The minimum atomic E-state index is 0.643. The number of fused-ring (bicyclic) bond motifs is 1. The molecule has 4 rings (SSSR count). The van der Waals surface area contributed by atoms with Crippen LogP contribution in [0.3, 0.4) is 0 Å². The summed E-state index contributed by atoms with van der Waals surface area (Å²) in [5.74, 6) is 2.13. The van der Waals surface area contributed by atoms with Crippen molar-refractivity contribution < 1.29 is 4.52 Å². The second kappa shape index (κ2) is 5.28. The largest absolute Gasteiger partial charge is 0.360 e.